The Bertz CT molecular complexity index is 1500. The van der Waals surface area contributed by atoms with Gasteiger partial charge in [-0.1, -0.05) is 61.5 Å². The fourth-order valence-electron chi connectivity index (χ4n) is 4.75. The topological polar surface area (TPSA) is 104 Å². The zero-order chi connectivity index (χ0) is 29.6. The highest BCUT2D eigenvalue weighted by atomic mass is 32.2. The van der Waals surface area contributed by atoms with Gasteiger partial charge in [-0.2, -0.15) is 0 Å². The van der Waals surface area contributed by atoms with E-state index in [1.165, 1.54) is 29.2 Å². The summed E-state index contributed by atoms with van der Waals surface area (Å²) in [6, 6.07) is 20.1. The number of benzene rings is 3. The van der Waals surface area contributed by atoms with E-state index in [9.17, 15) is 27.2 Å². The van der Waals surface area contributed by atoms with Crippen molar-refractivity contribution in [1.29, 1.82) is 0 Å². The molecule has 1 aliphatic rings. The summed E-state index contributed by atoms with van der Waals surface area (Å²) in [6.45, 7) is 3.71. The molecule has 1 aliphatic heterocycles. The maximum absolute atomic E-state index is 13.8. The predicted molar refractivity (Wildman–Crippen MR) is 153 cm³/mol. The Morgan fingerprint density at radius 3 is 2.27 bits per heavy atom. The number of amides is 3. The monoisotopic (exact) mass is 579 g/mol. The van der Waals surface area contributed by atoms with Gasteiger partial charge < -0.3 is 10.2 Å². The van der Waals surface area contributed by atoms with Crippen LogP contribution in [-0.4, -0.2) is 54.0 Å². The third-order valence-corrected chi connectivity index (χ3v) is 9.04. The number of hydrogen-bond donors (Lipinski definition) is 1. The lowest BCUT2D eigenvalue weighted by molar-refractivity contribution is -0.141. The van der Waals surface area contributed by atoms with Gasteiger partial charge in [0.25, 0.3) is 15.9 Å². The van der Waals surface area contributed by atoms with Crippen molar-refractivity contribution in [2.75, 3.05) is 6.54 Å². The molecule has 0 aromatic heterocycles. The molecule has 0 spiro atoms. The minimum absolute atomic E-state index is 0.0427. The van der Waals surface area contributed by atoms with Crippen LogP contribution in [-0.2, 0) is 32.6 Å². The first kappa shape index (κ1) is 29.9. The molecule has 3 aromatic rings. The number of nitrogens with one attached hydrogen (secondary N) is 1. The Hall–Kier alpha value is -4.05. The summed E-state index contributed by atoms with van der Waals surface area (Å²) >= 11 is 0. The fourth-order valence-corrected chi connectivity index (χ4v) is 6.36. The number of carbonyl (C=O) groups is 3. The van der Waals surface area contributed by atoms with Gasteiger partial charge in [0.1, 0.15) is 16.8 Å². The van der Waals surface area contributed by atoms with Gasteiger partial charge in [-0.3, -0.25) is 14.4 Å². The first-order valence-electron chi connectivity index (χ1n) is 13.7. The van der Waals surface area contributed by atoms with Gasteiger partial charge >= 0.3 is 0 Å². The molecular formula is C31H34FN3O5S. The molecule has 8 nitrogen and oxygen atoms in total. The van der Waals surface area contributed by atoms with E-state index in [4.69, 9.17) is 0 Å². The lowest BCUT2D eigenvalue weighted by Gasteiger charge is -2.32. The highest BCUT2D eigenvalue weighted by molar-refractivity contribution is 7.90. The number of nitrogens with zero attached hydrogens (tertiary/aromatic N) is 2. The molecule has 4 rings (SSSR count). The predicted octanol–water partition coefficient (Wildman–Crippen LogP) is 4.31. The summed E-state index contributed by atoms with van der Waals surface area (Å²) in [6.07, 6.45) is 0.933. The second kappa shape index (κ2) is 13.1. The van der Waals surface area contributed by atoms with Crippen LogP contribution in [0.3, 0.4) is 0 Å². The molecule has 1 heterocycles. The Balaban J connectivity index is 1.57. The molecule has 3 aromatic carbocycles. The van der Waals surface area contributed by atoms with Gasteiger partial charge in [-0.25, -0.2) is 17.1 Å². The molecule has 10 heteroatoms. The highest BCUT2D eigenvalue weighted by Gasteiger charge is 2.40. The van der Waals surface area contributed by atoms with Crippen LogP contribution in [0.2, 0.25) is 0 Å². The smallest absolute Gasteiger partial charge is 0.269 e. The van der Waals surface area contributed by atoms with E-state index in [1.54, 1.807) is 24.3 Å². The van der Waals surface area contributed by atoms with Crippen molar-refractivity contribution in [3.05, 3.63) is 101 Å². The van der Waals surface area contributed by atoms with E-state index in [0.29, 0.717) is 12.0 Å². The van der Waals surface area contributed by atoms with Gasteiger partial charge in [-0.15, -0.1) is 0 Å². The molecule has 0 fully saturated rings. The normalized spacial score (nSPS) is 15.2. The molecule has 41 heavy (non-hydrogen) atoms. The molecule has 2 atom stereocenters. The molecule has 0 unspecified atom stereocenters. The summed E-state index contributed by atoms with van der Waals surface area (Å²) in [4.78, 5) is 41.5. The van der Waals surface area contributed by atoms with Crippen molar-refractivity contribution in [3.8, 4) is 0 Å². The van der Waals surface area contributed by atoms with Crippen LogP contribution in [0.25, 0.3) is 0 Å². The van der Waals surface area contributed by atoms with Crippen molar-refractivity contribution < 1.29 is 27.2 Å². The van der Waals surface area contributed by atoms with E-state index in [1.807, 2.05) is 44.2 Å². The van der Waals surface area contributed by atoms with E-state index < -0.39 is 27.8 Å². The first-order valence-corrected chi connectivity index (χ1v) is 15.1. The minimum Gasteiger partial charge on any atom is -0.352 e. The lowest BCUT2D eigenvalue weighted by Crippen LogP contribution is -2.52. The Kier molecular flexibility index (Phi) is 9.54. The molecule has 216 valence electrons. The van der Waals surface area contributed by atoms with Crippen molar-refractivity contribution in [1.82, 2.24) is 14.5 Å². The molecule has 3 amide bonds. The molecule has 0 aliphatic carbocycles. The number of sulfonamides is 1. The van der Waals surface area contributed by atoms with Gasteiger partial charge in [0.2, 0.25) is 11.8 Å². The average Bonchev–Trinajstić information content (AvgIpc) is 3.16. The third-order valence-electron chi connectivity index (χ3n) is 7.20. The van der Waals surface area contributed by atoms with E-state index in [2.05, 4.69) is 5.32 Å². The van der Waals surface area contributed by atoms with Crippen molar-refractivity contribution >= 4 is 27.7 Å². The van der Waals surface area contributed by atoms with Crippen LogP contribution in [0.15, 0.2) is 83.8 Å². The third kappa shape index (κ3) is 7.00. The van der Waals surface area contributed by atoms with Gasteiger partial charge in [0.05, 0.1) is 5.56 Å². The minimum atomic E-state index is -3.99. The number of carbonyl (C=O) groups excluding carboxylic acids is 3. The average molecular weight is 580 g/mol. The second-order valence-corrected chi connectivity index (χ2v) is 12.0. The zero-order valence-corrected chi connectivity index (χ0v) is 23.9. The largest absolute Gasteiger partial charge is 0.352 e. The summed E-state index contributed by atoms with van der Waals surface area (Å²) in [7, 11) is -3.99. The van der Waals surface area contributed by atoms with Gasteiger partial charge in [0, 0.05) is 32.0 Å². The van der Waals surface area contributed by atoms with Gasteiger partial charge in [-0.05, 0) is 55.2 Å². The van der Waals surface area contributed by atoms with Crippen LogP contribution in [0.4, 0.5) is 4.39 Å². The van der Waals surface area contributed by atoms with Crippen LogP contribution < -0.4 is 5.32 Å². The number of rotatable bonds is 12. The van der Waals surface area contributed by atoms with E-state index in [0.717, 1.165) is 9.87 Å². The molecular weight excluding hydrogens is 545 g/mol. The summed E-state index contributed by atoms with van der Waals surface area (Å²) in [5, 5.41) is 2.98. The highest BCUT2D eigenvalue weighted by Crippen LogP contribution is 2.30. The van der Waals surface area contributed by atoms with E-state index in [-0.39, 0.29) is 60.7 Å². The van der Waals surface area contributed by atoms with Crippen molar-refractivity contribution in [3.63, 3.8) is 0 Å². The van der Waals surface area contributed by atoms with Crippen LogP contribution in [0.1, 0.15) is 54.6 Å². The number of halogens is 1. The van der Waals surface area contributed by atoms with Gasteiger partial charge in [0.15, 0.2) is 0 Å². The van der Waals surface area contributed by atoms with Crippen LogP contribution in [0, 0.1) is 5.82 Å². The van der Waals surface area contributed by atoms with Crippen LogP contribution in [0.5, 0.6) is 0 Å². The van der Waals surface area contributed by atoms with Crippen LogP contribution >= 0.6 is 0 Å². The van der Waals surface area contributed by atoms with Crippen molar-refractivity contribution in [2.45, 2.75) is 63.1 Å². The second-order valence-electron chi connectivity index (χ2n) is 10.2. The first-order chi connectivity index (χ1) is 19.6. The molecule has 0 bridgehead atoms. The molecule has 1 N–H and O–H groups in total. The quantitative estimate of drug-likeness (QED) is 0.345. The van der Waals surface area contributed by atoms with E-state index >= 15 is 0 Å². The summed E-state index contributed by atoms with van der Waals surface area (Å²) < 4.78 is 40.3. The Morgan fingerprint density at radius 1 is 0.951 bits per heavy atom. The maximum atomic E-state index is 13.8. The number of fused-ring (bicyclic) bond motifs is 1. The SMILES string of the molecule is CC[C@H](C)NC(=O)[C@@H](Cc1ccccc1)N(Cc1ccc(F)cc1)C(=O)CCCN1C(=O)c2ccccc2S1(=O)=O. The number of hydrogen-bond acceptors (Lipinski definition) is 5. The maximum Gasteiger partial charge on any atom is 0.269 e. The molecule has 0 saturated heterocycles. The molecule has 0 radical (unpaired) electrons. The zero-order valence-electron chi connectivity index (χ0n) is 23.1. The Labute approximate surface area is 240 Å². The Morgan fingerprint density at radius 2 is 1.61 bits per heavy atom. The summed E-state index contributed by atoms with van der Waals surface area (Å²) in [5.74, 6) is -1.73. The lowest BCUT2D eigenvalue weighted by atomic mass is 10.0. The van der Waals surface area contributed by atoms with Crippen molar-refractivity contribution in [2.24, 2.45) is 0 Å². The standard InChI is InChI=1S/C31H34FN3O5S/c1-3-22(2)33-30(37)27(20-23-10-5-4-6-11-23)34(21-24-15-17-25(32)18-16-24)29(36)14-9-19-35-31(38)26-12-7-8-13-28(26)41(35,39)40/h4-8,10-13,15-18,22,27H,3,9,14,19-21H2,1-2H3,(H,33,37)/t22-,27+/m0/s1. The summed E-state index contributed by atoms with van der Waals surface area (Å²) in [5.41, 5.74) is 1.61. The fraction of sp³-hybridized carbons (Fsp3) is 0.323. The molecule has 0 saturated carbocycles.